The number of ether oxygens (including phenoxy) is 2. The predicted molar refractivity (Wildman–Crippen MR) is 83.3 cm³/mol. The van der Waals surface area contributed by atoms with Crippen LogP contribution in [0.3, 0.4) is 0 Å². The maximum absolute atomic E-state index is 5.62. The summed E-state index contributed by atoms with van der Waals surface area (Å²) in [6.45, 7) is 14.4. The van der Waals surface area contributed by atoms with E-state index in [4.69, 9.17) is 14.5 Å². The number of likely N-dealkylation sites (N-methyl/N-ethyl adjacent to an activating group) is 1. The molecule has 0 saturated carbocycles. The number of rotatable bonds is 8. The molecule has 0 aromatic rings. The Hall–Kier alpha value is -0.810. The molecule has 5 heteroatoms. The highest BCUT2D eigenvalue weighted by molar-refractivity contribution is 5.82. The van der Waals surface area contributed by atoms with Gasteiger partial charge in [0.25, 0.3) is 0 Å². The van der Waals surface area contributed by atoms with Crippen LogP contribution in [-0.4, -0.2) is 74.4 Å². The van der Waals surface area contributed by atoms with Crippen LogP contribution >= 0.6 is 0 Å². The summed E-state index contributed by atoms with van der Waals surface area (Å²) >= 11 is 0. The largest absolute Gasteiger partial charge is 0.379 e. The van der Waals surface area contributed by atoms with Crippen molar-refractivity contribution in [2.24, 2.45) is 4.99 Å². The smallest absolute Gasteiger partial charge is 0.197 e. The number of nitrogens with zero attached hydrogens (tertiary/aromatic N) is 3. The van der Waals surface area contributed by atoms with Crippen LogP contribution in [0, 0.1) is 0 Å². The van der Waals surface area contributed by atoms with Gasteiger partial charge < -0.3 is 19.3 Å². The topological polar surface area (TPSA) is 37.3 Å². The van der Waals surface area contributed by atoms with Crippen molar-refractivity contribution in [2.75, 3.05) is 53.1 Å². The third kappa shape index (κ3) is 6.57. The minimum Gasteiger partial charge on any atom is -0.379 e. The molecule has 0 bridgehead atoms. The van der Waals surface area contributed by atoms with Gasteiger partial charge in [0.2, 0.25) is 0 Å². The van der Waals surface area contributed by atoms with E-state index in [9.17, 15) is 0 Å². The Morgan fingerprint density at radius 1 is 1.05 bits per heavy atom. The van der Waals surface area contributed by atoms with Gasteiger partial charge in [0.15, 0.2) is 5.96 Å². The number of hydrogen-bond donors (Lipinski definition) is 0. The fourth-order valence-electron chi connectivity index (χ4n) is 2.02. The van der Waals surface area contributed by atoms with Crippen LogP contribution in [0.15, 0.2) is 4.99 Å². The average molecular weight is 285 g/mol. The van der Waals surface area contributed by atoms with Crippen molar-refractivity contribution in [1.29, 1.82) is 0 Å². The predicted octanol–water partition coefficient (Wildman–Crippen LogP) is 1.83. The summed E-state index contributed by atoms with van der Waals surface area (Å²) < 4.78 is 11.0. The molecule has 0 amide bonds. The Bertz CT molecular complexity index is 300. The average Bonchev–Trinajstić information content (AvgIpc) is 2.68. The number of aliphatic imine (C=N–C) groups is 1. The third-order valence-electron chi connectivity index (χ3n) is 2.99. The summed E-state index contributed by atoms with van der Waals surface area (Å²) in [5, 5.41) is 0. The molecule has 0 aromatic carbocycles. The molecule has 0 aliphatic carbocycles. The normalized spacial score (nSPS) is 18.4. The van der Waals surface area contributed by atoms with Crippen molar-refractivity contribution in [3.05, 3.63) is 0 Å². The highest BCUT2D eigenvalue weighted by Crippen LogP contribution is 2.13. The van der Waals surface area contributed by atoms with E-state index in [1.807, 2.05) is 0 Å². The minimum atomic E-state index is -0.0406. The summed E-state index contributed by atoms with van der Waals surface area (Å²) in [5.41, 5.74) is -0.0406. The molecule has 0 N–H and O–H groups in total. The number of hydrogen-bond acceptors (Lipinski definition) is 3. The molecule has 1 heterocycles. The minimum absolute atomic E-state index is 0.0406. The molecule has 118 valence electrons. The first-order valence-corrected chi connectivity index (χ1v) is 7.65. The molecule has 0 radical (unpaired) electrons. The van der Waals surface area contributed by atoms with Gasteiger partial charge in [-0.2, -0.15) is 0 Å². The van der Waals surface area contributed by atoms with Gasteiger partial charge >= 0.3 is 0 Å². The maximum Gasteiger partial charge on any atom is 0.197 e. The molecule has 5 nitrogen and oxygen atoms in total. The first-order valence-electron chi connectivity index (χ1n) is 7.65. The molecule has 1 fully saturated rings. The fraction of sp³-hybridized carbons (Fsp3) is 0.933. The monoisotopic (exact) mass is 285 g/mol. The molecule has 1 rings (SSSR count). The third-order valence-corrected chi connectivity index (χ3v) is 2.99. The lowest BCUT2D eigenvalue weighted by Crippen LogP contribution is -2.36. The van der Waals surface area contributed by atoms with Gasteiger partial charge in [-0.25, -0.2) is 4.99 Å². The Kier molecular flexibility index (Phi) is 7.30. The van der Waals surface area contributed by atoms with Gasteiger partial charge in [-0.15, -0.1) is 0 Å². The zero-order valence-corrected chi connectivity index (χ0v) is 13.8. The highest BCUT2D eigenvalue weighted by Gasteiger charge is 2.25. The van der Waals surface area contributed by atoms with E-state index in [1.165, 1.54) is 0 Å². The van der Waals surface area contributed by atoms with Crippen molar-refractivity contribution >= 4 is 5.96 Å². The van der Waals surface area contributed by atoms with E-state index in [2.05, 4.69) is 44.5 Å². The van der Waals surface area contributed by atoms with E-state index in [-0.39, 0.29) is 5.54 Å². The van der Waals surface area contributed by atoms with E-state index in [0.29, 0.717) is 13.2 Å². The zero-order valence-electron chi connectivity index (χ0n) is 13.8. The summed E-state index contributed by atoms with van der Waals surface area (Å²) in [4.78, 5) is 9.32. The van der Waals surface area contributed by atoms with Crippen LogP contribution in [0.2, 0.25) is 0 Å². The van der Waals surface area contributed by atoms with E-state index in [0.717, 1.165) is 45.2 Å². The zero-order chi connectivity index (χ0) is 15.0. The quantitative estimate of drug-likeness (QED) is 0.638. The van der Waals surface area contributed by atoms with E-state index >= 15 is 0 Å². The van der Waals surface area contributed by atoms with E-state index in [1.54, 1.807) is 0 Å². The lowest BCUT2D eigenvalue weighted by Gasteiger charge is -2.24. The van der Waals surface area contributed by atoms with Gasteiger partial charge in [-0.3, -0.25) is 0 Å². The lowest BCUT2D eigenvalue weighted by molar-refractivity contribution is 0.0445. The van der Waals surface area contributed by atoms with Crippen LogP contribution < -0.4 is 0 Å². The van der Waals surface area contributed by atoms with Crippen LogP contribution in [0.4, 0.5) is 0 Å². The first-order chi connectivity index (χ1) is 9.44. The molecule has 0 unspecified atom stereocenters. The molecule has 1 aliphatic rings. The van der Waals surface area contributed by atoms with Crippen LogP contribution in [-0.2, 0) is 9.47 Å². The van der Waals surface area contributed by atoms with Crippen molar-refractivity contribution in [2.45, 2.75) is 39.7 Å². The van der Waals surface area contributed by atoms with Gasteiger partial charge in [0.05, 0.1) is 25.4 Å². The summed E-state index contributed by atoms with van der Waals surface area (Å²) in [6.07, 6.45) is 1.06. The van der Waals surface area contributed by atoms with Gasteiger partial charge in [-0.1, -0.05) is 6.92 Å². The summed E-state index contributed by atoms with van der Waals surface area (Å²) in [7, 11) is 2.10. The molecule has 0 atom stereocenters. The van der Waals surface area contributed by atoms with E-state index < -0.39 is 0 Å². The van der Waals surface area contributed by atoms with Crippen molar-refractivity contribution < 1.29 is 9.47 Å². The fourth-order valence-corrected chi connectivity index (χ4v) is 2.02. The maximum atomic E-state index is 5.62. The van der Waals surface area contributed by atoms with Crippen LogP contribution in [0.1, 0.15) is 34.1 Å². The molecule has 1 saturated heterocycles. The molecule has 0 aromatic heterocycles. The lowest BCUT2D eigenvalue weighted by atomic mass is 10.1. The van der Waals surface area contributed by atoms with Gasteiger partial charge in [0.1, 0.15) is 0 Å². The summed E-state index contributed by atoms with van der Waals surface area (Å²) in [5.74, 6) is 1.09. The van der Waals surface area contributed by atoms with Crippen LogP contribution in [0.25, 0.3) is 0 Å². The Morgan fingerprint density at radius 3 is 2.30 bits per heavy atom. The van der Waals surface area contributed by atoms with Crippen LogP contribution in [0.5, 0.6) is 0 Å². The standard InChI is InChI=1S/C15H31N3O2/c1-6-10-19-12-13-20-11-9-18-8-7-17(5)14(18)16-15(2,3)4/h6-13H2,1-5H3/b16-14+. The molecule has 20 heavy (non-hydrogen) atoms. The molecular formula is C15H31N3O2. The van der Waals surface area contributed by atoms with Crippen molar-refractivity contribution in [3.63, 3.8) is 0 Å². The molecule has 0 spiro atoms. The van der Waals surface area contributed by atoms with Gasteiger partial charge in [-0.05, 0) is 27.2 Å². The van der Waals surface area contributed by atoms with Gasteiger partial charge in [0, 0.05) is 33.3 Å². The Balaban J connectivity index is 2.27. The first kappa shape index (κ1) is 17.2. The van der Waals surface area contributed by atoms with Crippen molar-refractivity contribution in [1.82, 2.24) is 9.80 Å². The second-order valence-corrected chi connectivity index (χ2v) is 6.22. The SMILES string of the molecule is CCCOCCOCCN1CCN(C)/C1=N\C(C)(C)C. The Labute approximate surface area is 123 Å². The molecular weight excluding hydrogens is 254 g/mol. The number of guanidine groups is 1. The Morgan fingerprint density at radius 2 is 1.70 bits per heavy atom. The van der Waals surface area contributed by atoms with Crippen molar-refractivity contribution in [3.8, 4) is 0 Å². The highest BCUT2D eigenvalue weighted by atomic mass is 16.5. The second kappa shape index (κ2) is 8.47. The second-order valence-electron chi connectivity index (χ2n) is 6.22. The molecule has 1 aliphatic heterocycles. The summed E-state index contributed by atoms with van der Waals surface area (Å²) in [6, 6.07) is 0.